The van der Waals surface area contributed by atoms with Crippen LogP contribution in [0.25, 0.3) is 0 Å². The van der Waals surface area contributed by atoms with E-state index >= 15 is 0 Å². The maximum absolute atomic E-state index is 12.6. The van der Waals surface area contributed by atoms with Crippen LogP contribution in [0.1, 0.15) is 27.6 Å². The van der Waals surface area contributed by atoms with E-state index < -0.39 is 47.9 Å². The van der Waals surface area contributed by atoms with Crippen LogP contribution in [0.5, 0.6) is 0 Å². The maximum atomic E-state index is 12.6. The van der Waals surface area contributed by atoms with Crippen LogP contribution in [0, 0.1) is 0 Å². The van der Waals surface area contributed by atoms with Crippen molar-refractivity contribution in [1.29, 1.82) is 0 Å². The van der Waals surface area contributed by atoms with Crippen LogP contribution in [0.3, 0.4) is 0 Å². The number of carboxylic acids is 1. The summed E-state index contributed by atoms with van der Waals surface area (Å²) < 4.78 is 9.87. The zero-order valence-electron chi connectivity index (χ0n) is 16.3. The lowest BCUT2D eigenvalue weighted by Gasteiger charge is -2.47. The number of β-lactam (4-membered cyclic amide) rings is 1. The van der Waals surface area contributed by atoms with Crippen molar-refractivity contribution in [2.45, 2.75) is 18.3 Å². The summed E-state index contributed by atoms with van der Waals surface area (Å²) in [6.07, 6.45) is -0.960. The van der Waals surface area contributed by atoms with Crippen molar-refractivity contribution in [2.75, 3.05) is 19.0 Å². The molecule has 0 aliphatic carbocycles. The summed E-state index contributed by atoms with van der Waals surface area (Å²) >= 11 is 1.27. The highest BCUT2D eigenvalue weighted by molar-refractivity contribution is 8.00. The Morgan fingerprint density at radius 2 is 1.90 bits per heavy atom. The number of ether oxygens (including phenoxy) is 2. The van der Waals surface area contributed by atoms with Gasteiger partial charge < -0.3 is 20.3 Å². The molecule has 2 atom stereocenters. The first-order chi connectivity index (χ1) is 14.8. The molecule has 1 fully saturated rings. The number of nitrogens with zero attached hydrogens (tertiary/aromatic N) is 1. The van der Waals surface area contributed by atoms with Crippen LogP contribution in [-0.2, 0) is 19.1 Å². The predicted molar refractivity (Wildman–Crippen MR) is 107 cm³/mol. The fraction of sp³-hybridized carbons (Fsp3) is 0.316. The van der Waals surface area contributed by atoms with E-state index in [9.17, 15) is 29.1 Å². The van der Waals surface area contributed by atoms with Gasteiger partial charge in [-0.3, -0.25) is 19.8 Å². The molecule has 11 nitrogen and oxygen atoms in total. The molecule has 0 aromatic heterocycles. The summed E-state index contributed by atoms with van der Waals surface area (Å²) in [5.74, 6) is -3.38. The predicted octanol–water partition coefficient (Wildman–Crippen LogP) is 0.311. The van der Waals surface area contributed by atoms with E-state index in [0.29, 0.717) is 0 Å². The highest BCUT2D eigenvalue weighted by Crippen LogP contribution is 2.39. The lowest BCUT2D eigenvalue weighted by Crippen LogP contribution is -2.68. The molecule has 31 heavy (non-hydrogen) atoms. The minimum absolute atomic E-state index is 0.0626. The molecule has 0 radical (unpaired) electrons. The lowest BCUT2D eigenvalue weighted by molar-refractivity contribution is -0.148. The fourth-order valence-electron chi connectivity index (χ4n) is 3.11. The summed E-state index contributed by atoms with van der Waals surface area (Å²) in [6, 6.07) is 4.89. The Balaban J connectivity index is 1.75. The van der Waals surface area contributed by atoms with Gasteiger partial charge in [0.1, 0.15) is 23.7 Å². The monoisotopic (exact) mass is 449 g/mol. The minimum Gasteiger partial charge on any atom is -0.477 e. The molecule has 1 aromatic carbocycles. The van der Waals surface area contributed by atoms with Gasteiger partial charge >= 0.3 is 18.0 Å². The smallest absolute Gasteiger partial charge is 0.414 e. The summed E-state index contributed by atoms with van der Waals surface area (Å²) in [7, 11) is 0. The Morgan fingerprint density at radius 1 is 1.23 bits per heavy atom. The van der Waals surface area contributed by atoms with Gasteiger partial charge in [0.2, 0.25) is 5.91 Å². The standard InChI is InChI=1S/C19H19N3O8S/c1-2-29-19(28)21-14(23)10-5-3-4-6-11(10)18(27)30-7-9-8-31-16-12(20)15(24)22(16)13(9)17(25)26/h3-6,12,16H,2,7-8,20H2,1H3,(H,25,26)(H,21,23,28)/t12-,16+/m1/s1. The van der Waals surface area contributed by atoms with E-state index in [1.54, 1.807) is 6.92 Å². The van der Waals surface area contributed by atoms with Gasteiger partial charge in [-0.15, -0.1) is 11.8 Å². The fourth-order valence-corrected chi connectivity index (χ4v) is 4.38. The topological polar surface area (TPSA) is 165 Å². The highest BCUT2D eigenvalue weighted by Gasteiger charge is 2.51. The molecule has 2 heterocycles. The van der Waals surface area contributed by atoms with E-state index in [-0.39, 0.29) is 34.8 Å². The average Bonchev–Trinajstić information content (AvgIpc) is 2.76. The van der Waals surface area contributed by atoms with Gasteiger partial charge in [-0.2, -0.15) is 0 Å². The average molecular weight is 449 g/mol. The molecule has 3 rings (SSSR count). The van der Waals surface area contributed by atoms with E-state index in [4.69, 9.17) is 10.5 Å². The van der Waals surface area contributed by atoms with Gasteiger partial charge in [-0.25, -0.2) is 14.4 Å². The summed E-state index contributed by atoms with van der Waals surface area (Å²) in [5.41, 5.74) is 5.44. The number of benzene rings is 1. The number of alkyl carbamates (subject to hydrolysis) is 1. The van der Waals surface area contributed by atoms with Gasteiger partial charge in [0.15, 0.2) is 0 Å². The van der Waals surface area contributed by atoms with Crippen LogP contribution in [0.2, 0.25) is 0 Å². The minimum atomic E-state index is -1.33. The Kier molecular flexibility index (Phi) is 6.61. The molecular formula is C19H19N3O8S. The molecule has 4 N–H and O–H groups in total. The number of imide groups is 1. The van der Waals surface area contributed by atoms with Crippen LogP contribution < -0.4 is 11.1 Å². The lowest BCUT2D eigenvalue weighted by atomic mass is 10.0. The number of carbonyl (C=O) groups is 5. The Bertz CT molecular complexity index is 992. The van der Waals surface area contributed by atoms with Crippen molar-refractivity contribution in [3.63, 3.8) is 0 Å². The van der Waals surface area contributed by atoms with Gasteiger partial charge in [-0.05, 0) is 19.1 Å². The molecule has 1 aromatic rings. The van der Waals surface area contributed by atoms with Crippen molar-refractivity contribution in [2.24, 2.45) is 5.73 Å². The highest BCUT2D eigenvalue weighted by atomic mass is 32.2. The number of nitrogens with one attached hydrogen (secondary N) is 1. The van der Waals surface area contributed by atoms with Gasteiger partial charge in [0.05, 0.1) is 17.7 Å². The number of carboxylic acid groups (broad SMARTS) is 1. The summed E-state index contributed by atoms with van der Waals surface area (Å²) in [4.78, 5) is 61.1. The third kappa shape index (κ3) is 4.39. The van der Waals surface area contributed by atoms with Gasteiger partial charge in [-0.1, -0.05) is 12.1 Å². The number of hydrogen-bond donors (Lipinski definition) is 3. The largest absolute Gasteiger partial charge is 0.477 e. The van der Waals surface area contributed by atoms with Crippen LogP contribution in [-0.4, -0.2) is 70.2 Å². The van der Waals surface area contributed by atoms with E-state index in [0.717, 1.165) is 4.90 Å². The third-order valence-electron chi connectivity index (χ3n) is 4.55. The van der Waals surface area contributed by atoms with E-state index in [1.807, 2.05) is 5.32 Å². The molecule has 2 aliphatic heterocycles. The quantitative estimate of drug-likeness (QED) is 0.406. The molecular weight excluding hydrogens is 430 g/mol. The Morgan fingerprint density at radius 3 is 2.55 bits per heavy atom. The second-order valence-corrected chi connectivity index (χ2v) is 7.59. The second kappa shape index (κ2) is 9.18. The summed E-state index contributed by atoms with van der Waals surface area (Å²) in [5, 5.41) is 11.0. The normalized spacial score (nSPS) is 19.8. The van der Waals surface area contributed by atoms with Crippen LogP contribution in [0.15, 0.2) is 35.5 Å². The number of amides is 3. The number of fused-ring (bicyclic) bond motifs is 1. The SMILES string of the molecule is CCOC(=O)NC(=O)c1ccccc1C(=O)OCC1=C(C(=O)O)N2C(=O)[C@@H](N)[C@@H]2SC1. The molecule has 0 bridgehead atoms. The molecule has 0 saturated carbocycles. The number of carbonyl (C=O) groups excluding carboxylic acids is 4. The number of aliphatic carboxylic acids is 1. The molecule has 2 aliphatic rings. The number of nitrogens with two attached hydrogens (primary N) is 1. The van der Waals surface area contributed by atoms with Crippen molar-refractivity contribution in [1.82, 2.24) is 10.2 Å². The molecule has 164 valence electrons. The Labute approximate surface area is 180 Å². The Hall–Kier alpha value is -3.38. The molecule has 12 heteroatoms. The van der Waals surface area contributed by atoms with Crippen LogP contribution in [0.4, 0.5) is 4.79 Å². The summed E-state index contributed by atoms with van der Waals surface area (Å²) in [6.45, 7) is 1.24. The zero-order chi connectivity index (χ0) is 22.7. The molecule has 0 unspecified atom stereocenters. The van der Waals surface area contributed by atoms with Crippen molar-refractivity contribution < 1.29 is 38.6 Å². The maximum Gasteiger partial charge on any atom is 0.414 e. The molecule has 0 spiro atoms. The van der Waals surface area contributed by atoms with E-state index in [1.165, 1.54) is 36.0 Å². The van der Waals surface area contributed by atoms with Crippen molar-refractivity contribution in [3.05, 3.63) is 46.7 Å². The number of esters is 1. The second-order valence-electron chi connectivity index (χ2n) is 6.49. The van der Waals surface area contributed by atoms with Crippen molar-refractivity contribution >= 4 is 41.6 Å². The van der Waals surface area contributed by atoms with Gasteiger partial charge in [0, 0.05) is 11.3 Å². The molecule has 1 saturated heterocycles. The molecule has 3 amide bonds. The first-order valence-corrected chi connectivity index (χ1v) is 10.2. The third-order valence-corrected chi connectivity index (χ3v) is 5.91. The number of hydrogen-bond acceptors (Lipinski definition) is 9. The number of rotatable bonds is 6. The first kappa shape index (κ1) is 22.3. The van der Waals surface area contributed by atoms with E-state index in [2.05, 4.69) is 4.74 Å². The zero-order valence-corrected chi connectivity index (χ0v) is 17.1. The first-order valence-electron chi connectivity index (χ1n) is 9.16. The van der Waals surface area contributed by atoms with Crippen LogP contribution >= 0.6 is 11.8 Å². The number of thioether (sulfide) groups is 1. The van der Waals surface area contributed by atoms with Gasteiger partial charge in [0.25, 0.3) is 5.91 Å². The van der Waals surface area contributed by atoms with Crippen molar-refractivity contribution in [3.8, 4) is 0 Å².